The van der Waals surface area contributed by atoms with Crippen molar-refractivity contribution in [2.75, 3.05) is 12.3 Å². The first-order valence-electron chi connectivity index (χ1n) is 4.82. The van der Waals surface area contributed by atoms with Crippen LogP contribution in [0.15, 0.2) is 11.1 Å². The Labute approximate surface area is 104 Å². The molecular weight excluding hydrogens is 270 g/mol. The molecule has 0 aliphatic heterocycles. The normalized spacial score (nSPS) is 15.0. The molecule has 1 aromatic heterocycles. The van der Waals surface area contributed by atoms with Crippen LogP contribution >= 0.6 is 0 Å². The summed E-state index contributed by atoms with van der Waals surface area (Å²) in [6.45, 7) is -1.20. The van der Waals surface area contributed by atoms with Crippen LogP contribution in [-0.4, -0.2) is 60.5 Å². The number of aliphatic hydroxyl groups excluding tert-OH is 3. The van der Waals surface area contributed by atoms with E-state index in [-0.39, 0.29) is 4.57 Å². The Hall–Kier alpha value is -1.98. The molecule has 0 radical (unpaired) electrons. The molecule has 0 spiro atoms. The quantitative estimate of drug-likeness (QED) is 0.462. The number of aromatic nitrogens is 3. The van der Waals surface area contributed by atoms with Crippen molar-refractivity contribution >= 4 is 11.9 Å². The van der Waals surface area contributed by atoms with Crippen LogP contribution in [0, 0.1) is 0 Å². The summed E-state index contributed by atoms with van der Waals surface area (Å²) in [6.07, 6.45) is -4.74. The molecule has 106 valence electrons. The monoisotopic (exact) mass is 280 g/mol. The zero-order valence-electron chi connectivity index (χ0n) is 9.27. The minimum absolute atomic E-state index is 0.163. The van der Waals surface area contributed by atoms with Crippen molar-refractivity contribution in [2.45, 2.75) is 18.1 Å². The highest BCUT2D eigenvalue weighted by Gasteiger charge is 2.51. The van der Waals surface area contributed by atoms with Gasteiger partial charge in [-0.1, -0.05) is 0 Å². The first kappa shape index (κ1) is 15.1. The molecule has 1 heterocycles. The highest BCUT2D eigenvalue weighted by molar-refractivity contribution is 5.86. The number of rotatable bonds is 4. The molecule has 11 heteroatoms. The zero-order chi connectivity index (χ0) is 14.8. The molecule has 0 bridgehead atoms. The first-order chi connectivity index (χ1) is 8.71. The predicted octanol–water partition coefficient (Wildman–Crippen LogP) is -2.79. The topological polar surface area (TPSA) is 152 Å². The number of nitrogens with zero attached hydrogens (tertiary/aromatic N) is 3. The van der Waals surface area contributed by atoms with Crippen molar-refractivity contribution in [3.8, 4) is 0 Å². The highest BCUT2D eigenvalue weighted by atomic mass is 19.3. The summed E-state index contributed by atoms with van der Waals surface area (Å²) in [5.41, 5.74) is 3.60. The molecule has 0 aliphatic carbocycles. The Morgan fingerprint density at radius 2 is 2.11 bits per heavy atom. The summed E-state index contributed by atoms with van der Waals surface area (Å²) in [6, 6.07) is 0. The Morgan fingerprint density at radius 3 is 2.58 bits per heavy atom. The smallest absolute Gasteiger partial charge is 0.359 e. The van der Waals surface area contributed by atoms with E-state index in [1.165, 1.54) is 0 Å². The summed E-state index contributed by atoms with van der Waals surface area (Å²) >= 11 is 0. The number of halogens is 2. The molecule has 1 aromatic rings. The van der Waals surface area contributed by atoms with E-state index in [1.54, 1.807) is 0 Å². The Balaban J connectivity index is 3.14. The Morgan fingerprint density at radius 1 is 1.53 bits per heavy atom. The summed E-state index contributed by atoms with van der Waals surface area (Å²) in [7, 11) is 0. The third-order valence-electron chi connectivity index (χ3n) is 2.15. The van der Waals surface area contributed by atoms with Gasteiger partial charge in [-0.25, -0.2) is 14.3 Å². The molecule has 0 saturated carbocycles. The molecule has 9 nitrogen and oxygen atoms in total. The van der Waals surface area contributed by atoms with Gasteiger partial charge in [0.1, 0.15) is 12.4 Å². The number of carbonyl (C=O) groups excluding carboxylic acids is 1. The molecule has 0 aliphatic rings. The molecule has 1 rings (SSSR count). The molecule has 0 unspecified atom stereocenters. The standard InChI is InChI=1S/C8H10F2N4O5/c9-8(10,4(17)3(16)1-15)5(18)14-2-12-6(11)13-7(14)19/h2-4,15-17H,1H2,(H2,11,13,19)/t3-,4-/m1/s1. The maximum absolute atomic E-state index is 13.5. The second kappa shape index (κ2) is 5.34. The van der Waals surface area contributed by atoms with Crippen LogP contribution in [0.5, 0.6) is 0 Å². The van der Waals surface area contributed by atoms with E-state index < -0.39 is 42.3 Å². The molecule has 5 N–H and O–H groups in total. The van der Waals surface area contributed by atoms with E-state index in [9.17, 15) is 18.4 Å². The van der Waals surface area contributed by atoms with Crippen molar-refractivity contribution < 1.29 is 28.9 Å². The second-order valence-corrected chi connectivity index (χ2v) is 3.49. The molecule has 19 heavy (non-hydrogen) atoms. The predicted molar refractivity (Wildman–Crippen MR) is 55.4 cm³/mol. The largest absolute Gasteiger partial charge is 0.394 e. The van der Waals surface area contributed by atoms with E-state index in [2.05, 4.69) is 9.97 Å². The average molecular weight is 280 g/mol. The van der Waals surface area contributed by atoms with Crippen molar-refractivity contribution in [1.82, 2.24) is 14.5 Å². The molecule has 2 atom stereocenters. The second-order valence-electron chi connectivity index (χ2n) is 3.49. The van der Waals surface area contributed by atoms with Crippen LogP contribution in [0.1, 0.15) is 4.79 Å². The van der Waals surface area contributed by atoms with E-state index in [4.69, 9.17) is 21.1 Å². The van der Waals surface area contributed by atoms with Crippen molar-refractivity contribution in [3.63, 3.8) is 0 Å². The lowest BCUT2D eigenvalue weighted by molar-refractivity contribution is -0.136. The average Bonchev–Trinajstić information content (AvgIpc) is 2.36. The van der Waals surface area contributed by atoms with Crippen LogP contribution in [0.4, 0.5) is 14.7 Å². The van der Waals surface area contributed by atoms with Crippen LogP contribution in [0.25, 0.3) is 0 Å². The molecule has 0 amide bonds. The Bertz CT molecular complexity index is 534. The van der Waals surface area contributed by atoms with Crippen LogP contribution in [0.3, 0.4) is 0 Å². The lowest BCUT2D eigenvalue weighted by Gasteiger charge is -2.24. The third-order valence-corrected chi connectivity index (χ3v) is 2.15. The number of carbonyl (C=O) groups is 1. The van der Waals surface area contributed by atoms with Crippen molar-refractivity contribution in [1.29, 1.82) is 0 Å². The minimum atomic E-state index is -4.52. The van der Waals surface area contributed by atoms with Crippen LogP contribution in [-0.2, 0) is 0 Å². The molecule has 0 saturated heterocycles. The fourth-order valence-electron chi connectivity index (χ4n) is 1.11. The molecule has 0 fully saturated rings. The van der Waals surface area contributed by atoms with E-state index in [0.29, 0.717) is 6.33 Å². The third kappa shape index (κ3) is 2.89. The van der Waals surface area contributed by atoms with Crippen LogP contribution in [0.2, 0.25) is 0 Å². The fourth-order valence-corrected chi connectivity index (χ4v) is 1.11. The Kier molecular flexibility index (Phi) is 4.24. The lowest BCUT2D eigenvalue weighted by Crippen LogP contribution is -2.53. The summed E-state index contributed by atoms with van der Waals surface area (Å²) in [5, 5.41) is 26.4. The van der Waals surface area contributed by atoms with E-state index in [0.717, 1.165) is 0 Å². The fraction of sp³-hybridized carbons (Fsp3) is 0.500. The van der Waals surface area contributed by atoms with E-state index in [1.807, 2.05) is 0 Å². The number of hydrogen-bond acceptors (Lipinski definition) is 8. The van der Waals surface area contributed by atoms with Gasteiger partial charge in [-0.3, -0.25) is 4.79 Å². The molecular formula is C8H10F2N4O5. The number of nitrogen functional groups attached to an aromatic ring is 1. The number of alkyl halides is 2. The van der Waals surface area contributed by atoms with Crippen molar-refractivity contribution in [2.24, 2.45) is 0 Å². The van der Waals surface area contributed by atoms with Gasteiger partial charge in [-0.2, -0.15) is 13.8 Å². The van der Waals surface area contributed by atoms with Gasteiger partial charge >= 0.3 is 17.5 Å². The van der Waals surface area contributed by atoms with E-state index >= 15 is 0 Å². The molecule has 0 aromatic carbocycles. The maximum atomic E-state index is 13.5. The summed E-state index contributed by atoms with van der Waals surface area (Å²) in [4.78, 5) is 28.7. The lowest BCUT2D eigenvalue weighted by atomic mass is 10.1. The van der Waals surface area contributed by atoms with Gasteiger partial charge in [0.15, 0.2) is 6.10 Å². The summed E-state index contributed by atoms with van der Waals surface area (Å²) < 4.78 is 26.8. The van der Waals surface area contributed by atoms with Crippen LogP contribution < -0.4 is 11.4 Å². The number of nitrogens with two attached hydrogens (primary N) is 1. The van der Waals surface area contributed by atoms with Gasteiger partial charge in [0.05, 0.1) is 6.61 Å². The highest BCUT2D eigenvalue weighted by Crippen LogP contribution is 2.23. The SMILES string of the molecule is Nc1ncn(C(=O)C(F)(F)[C@H](O)[C@H](O)CO)c(=O)n1. The number of hydrogen-bond donors (Lipinski definition) is 4. The first-order valence-corrected chi connectivity index (χ1v) is 4.82. The van der Waals surface area contributed by atoms with Gasteiger partial charge in [0, 0.05) is 0 Å². The van der Waals surface area contributed by atoms with Gasteiger partial charge < -0.3 is 21.1 Å². The minimum Gasteiger partial charge on any atom is -0.394 e. The maximum Gasteiger partial charge on any atom is 0.359 e. The van der Waals surface area contributed by atoms with Gasteiger partial charge in [-0.15, -0.1) is 0 Å². The van der Waals surface area contributed by atoms with Gasteiger partial charge in [0.2, 0.25) is 5.95 Å². The van der Waals surface area contributed by atoms with Gasteiger partial charge in [0.25, 0.3) is 0 Å². The summed E-state index contributed by atoms with van der Waals surface area (Å²) in [5.74, 6) is -7.20. The van der Waals surface area contributed by atoms with Crippen molar-refractivity contribution in [3.05, 3.63) is 16.8 Å². The number of aliphatic hydroxyl groups is 3. The zero-order valence-corrected chi connectivity index (χ0v) is 9.27. The number of anilines is 1. The van der Waals surface area contributed by atoms with Gasteiger partial charge in [-0.05, 0) is 0 Å².